The van der Waals surface area contributed by atoms with E-state index in [9.17, 15) is 22.8 Å². The van der Waals surface area contributed by atoms with Gasteiger partial charge in [-0.1, -0.05) is 24.3 Å². The predicted molar refractivity (Wildman–Crippen MR) is 87.5 cm³/mol. The number of halogens is 3. The number of carboxylic acids is 1. The number of alkyl halides is 3. The number of rotatable bonds is 5. The van der Waals surface area contributed by atoms with E-state index in [2.05, 4.69) is 5.32 Å². The third kappa shape index (κ3) is 4.04. The Hall–Kier alpha value is -2.83. The number of carbonyl (C=O) groups is 2. The highest BCUT2D eigenvalue weighted by Gasteiger charge is 2.44. The molecule has 0 radical (unpaired) electrons. The molecule has 2 unspecified atom stereocenters. The molecular weight excluding hydrogens is 347 g/mol. The quantitative estimate of drug-likeness (QED) is 0.849. The van der Waals surface area contributed by atoms with Crippen LogP contribution in [-0.4, -0.2) is 17.0 Å². The van der Waals surface area contributed by atoms with Gasteiger partial charge < -0.3 is 10.4 Å². The highest BCUT2D eigenvalue weighted by Crippen LogP contribution is 2.48. The highest BCUT2D eigenvalue weighted by atomic mass is 19.4. The van der Waals surface area contributed by atoms with Crippen LogP contribution in [0, 0.1) is 5.92 Å². The summed E-state index contributed by atoms with van der Waals surface area (Å²) in [6, 6.07) is 11.1. The summed E-state index contributed by atoms with van der Waals surface area (Å²) in [5.74, 6) is -1.48. The smallest absolute Gasteiger partial charge is 0.416 e. The van der Waals surface area contributed by atoms with Crippen molar-refractivity contribution in [2.24, 2.45) is 5.92 Å². The minimum Gasteiger partial charge on any atom is -0.478 e. The van der Waals surface area contributed by atoms with E-state index in [1.807, 2.05) is 0 Å². The van der Waals surface area contributed by atoms with Crippen LogP contribution in [0.1, 0.15) is 39.4 Å². The molecule has 1 fully saturated rings. The van der Waals surface area contributed by atoms with Crippen LogP contribution >= 0.6 is 0 Å². The minimum absolute atomic E-state index is 0.0633. The average molecular weight is 363 g/mol. The first-order valence-electron chi connectivity index (χ1n) is 8.03. The predicted octanol–water partition coefficient (Wildman–Crippen LogP) is 3.82. The number of carboxylic acid groups (broad SMARTS) is 1. The molecule has 1 amide bonds. The zero-order valence-electron chi connectivity index (χ0n) is 13.6. The van der Waals surface area contributed by atoms with Crippen molar-refractivity contribution in [3.8, 4) is 0 Å². The Balaban J connectivity index is 1.53. The molecule has 136 valence electrons. The maximum absolute atomic E-state index is 12.6. The first kappa shape index (κ1) is 18.0. The van der Waals surface area contributed by atoms with Crippen LogP contribution in [0.2, 0.25) is 0 Å². The molecule has 26 heavy (non-hydrogen) atoms. The molecule has 0 bridgehead atoms. The van der Waals surface area contributed by atoms with Gasteiger partial charge in [-0.05, 0) is 47.7 Å². The molecule has 2 N–H and O–H groups in total. The molecule has 0 saturated heterocycles. The molecule has 2 aromatic carbocycles. The van der Waals surface area contributed by atoms with E-state index >= 15 is 0 Å². The van der Waals surface area contributed by atoms with Gasteiger partial charge in [0.25, 0.3) is 0 Å². The lowest BCUT2D eigenvalue weighted by Crippen LogP contribution is -2.24. The van der Waals surface area contributed by atoms with E-state index in [-0.39, 0.29) is 29.9 Å². The number of hydrogen-bond donors (Lipinski definition) is 2. The van der Waals surface area contributed by atoms with Gasteiger partial charge in [0.05, 0.1) is 11.1 Å². The summed E-state index contributed by atoms with van der Waals surface area (Å²) < 4.78 is 37.7. The van der Waals surface area contributed by atoms with E-state index in [0.29, 0.717) is 6.42 Å². The second kappa shape index (κ2) is 6.82. The SMILES string of the molecule is O=C(O)c1ccc(CNC(=O)C2CC2c2ccc(C(F)(F)F)cc2)cc1. The van der Waals surface area contributed by atoms with Gasteiger partial charge in [-0.3, -0.25) is 4.79 Å². The summed E-state index contributed by atoms with van der Waals surface area (Å²) in [7, 11) is 0. The van der Waals surface area contributed by atoms with Crippen molar-refractivity contribution in [2.45, 2.75) is 25.1 Å². The van der Waals surface area contributed by atoms with Crippen molar-refractivity contribution in [2.75, 3.05) is 0 Å². The Morgan fingerprint density at radius 1 is 1.04 bits per heavy atom. The van der Waals surface area contributed by atoms with E-state index in [4.69, 9.17) is 5.11 Å². The fourth-order valence-electron chi connectivity index (χ4n) is 2.86. The van der Waals surface area contributed by atoms with Crippen molar-refractivity contribution in [3.63, 3.8) is 0 Å². The van der Waals surface area contributed by atoms with Crippen LogP contribution in [0.3, 0.4) is 0 Å². The van der Waals surface area contributed by atoms with Crippen LogP contribution in [0.4, 0.5) is 13.2 Å². The summed E-state index contributed by atoms with van der Waals surface area (Å²) >= 11 is 0. The van der Waals surface area contributed by atoms with Gasteiger partial charge in [0.15, 0.2) is 0 Å². The Morgan fingerprint density at radius 2 is 1.65 bits per heavy atom. The maximum atomic E-state index is 12.6. The number of benzene rings is 2. The molecule has 1 aliphatic rings. The zero-order chi connectivity index (χ0) is 18.9. The van der Waals surface area contributed by atoms with Crippen molar-refractivity contribution in [3.05, 3.63) is 70.8 Å². The molecule has 2 aromatic rings. The molecule has 0 aliphatic heterocycles. The number of nitrogens with one attached hydrogen (secondary N) is 1. The lowest BCUT2D eigenvalue weighted by molar-refractivity contribution is -0.137. The summed E-state index contributed by atoms with van der Waals surface area (Å²) in [5.41, 5.74) is 0.969. The second-order valence-corrected chi connectivity index (χ2v) is 6.29. The lowest BCUT2D eigenvalue weighted by atomic mass is 10.1. The fraction of sp³-hybridized carbons (Fsp3) is 0.263. The van der Waals surface area contributed by atoms with Crippen molar-refractivity contribution < 1.29 is 27.9 Å². The Morgan fingerprint density at radius 3 is 2.19 bits per heavy atom. The largest absolute Gasteiger partial charge is 0.478 e. The van der Waals surface area contributed by atoms with E-state index in [1.54, 1.807) is 12.1 Å². The lowest BCUT2D eigenvalue weighted by Gasteiger charge is -2.08. The van der Waals surface area contributed by atoms with Crippen LogP contribution < -0.4 is 5.32 Å². The second-order valence-electron chi connectivity index (χ2n) is 6.29. The monoisotopic (exact) mass is 363 g/mol. The molecule has 7 heteroatoms. The maximum Gasteiger partial charge on any atom is 0.416 e. The van der Waals surface area contributed by atoms with E-state index < -0.39 is 17.7 Å². The van der Waals surface area contributed by atoms with Crippen LogP contribution in [-0.2, 0) is 17.5 Å². The summed E-state index contributed by atoms with van der Waals surface area (Å²) in [6.07, 6.45) is -3.76. The van der Waals surface area contributed by atoms with Gasteiger partial charge in [0, 0.05) is 12.5 Å². The Kier molecular flexibility index (Phi) is 4.71. The third-order valence-electron chi connectivity index (χ3n) is 4.46. The van der Waals surface area contributed by atoms with Gasteiger partial charge in [-0.15, -0.1) is 0 Å². The van der Waals surface area contributed by atoms with Crippen LogP contribution in [0.25, 0.3) is 0 Å². The zero-order valence-corrected chi connectivity index (χ0v) is 13.6. The van der Waals surface area contributed by atoms with Crippen molar-refractivity contribution in [1.82, 2.24) is 5.32 Å². The van der Waals surface area contributed by atoms with Gasteiger partial charge in [-0.25, -0.2) is 4.79 Å². The van der Waals surface area contributed by atoms with Crippen molar-refractivity contribution >= 4 is 11.9 Å². The minimum atomic E-state index is -4.37. The summed E-state index contributed by atoms with van der Waals surface area (Å²) in [4.78, 5) is 23.0. The summed E-state index contributed by atoms with van der Waals surface area (Å²) in [6.45, 7) is 0.273. The topological polar surface area (TPSA) is 66.4 Å². The third-order valence-corrected chi connectivity index (χ3v) is 4.46. The van der Waals surface area contributed by atoms with Gasteiger partial charge >= 0.3 is 12.1 Å². The Bertz CT molecular complexity index is 813. The standard InChI is InChI=1S/C19H16F3NO3/c20-19(21,22)14-7-5-12(6-8-14)15-9-16(15)17(24)23-10-11-1-3-13(4-2-11)18(25)26/h1-8,15-16H,9-10H2,(H,23,24)(H,25,26). The van der Waals surface area contributed by atoms with Gasteiger partial charge in [0.1, 0.15) is 0 Å². The number of hydrogen-bond acceptors (Lipinski definition) is 2. The highest BCUT2D eigenvalue weighted by molar-refractivity contribution is 5.87. The molecule has 0 aromatic heterocycles. The number of amides is 1. The Labute approximate surface area is 147 Å². The molecule has 1 saturated carbocycles. The van der Waals surface area contributed by atoms with Crippen LogP contribution in [0.15, 0.2) is 48.5 Å². The molecule has 0 heterocycles. The summed E-state index contributed by atoms with van der Waals surface area (Å²) in [5, 5.41) is 11.6. The molecule has 3 rings (SSSR count). The molecule has 0 spiro atoms. The van der Waals surface area contributed by atoms with Crippen LogP contribution in [0.5, 0.6) is 0 Å². The molecule has 1 aliphatic carbocycles. The normalized spacial score (nSPS) is 19.0. The van der Waals surface area contributed by atoms with E-state index in [1.165, 1.54) is 24.3 Å². The molecule has 2 atom stereocenters. The molecular formula is C19H16F3NO3. The number of aromatic carboxylic acids is 1. The number of carbonyl (C=O) groups excluding carboxylic acids is 1. The first-order chi connectivity index (χ1) is 12.3. The molecule has 4 nitrogen and oxygen atoms in total. The average Bonchev–Trinajstić information content (AvgIpc) is 3.40. The van der Waals surface area contributed by atoms with Gasteiger partial charge in [0.2, 0.25) is 5.91 Å². The van der Waals surface area contributed by atoms with Crippen molar-refractivity contribution in [1.29, 1.82) is 0 Å². The first-order valence-corrected chi connectivity index (χ1v) is 8.03. The van der Waals surface area contributed by atoms with Gasteiger partial charge in [-0.2, -0.15) is 13.2 Å². The fourth-order valence-corrected chi connectivity index (χ4v) is 2.86. The van der Waals surface area contributed by atoms with E-state index in [0.717, 1.165) is 23.3 Å².